The number of aliphatic imine (C=N–C) groups is 1. The van der Waals surface area contributed by atoms with Gasteiger partial charge in [-0.05, 0) is 55.7 Å². The van der Waals surface area contributed by atoms with Crippen LogP contribution in [0, 0.1) is 25.3 Å². The second-order valence-corrected chi connectivity index (χ2v) is 10.0. The number of aromatic nitrogens is 1. The van der Waals surface area contributed by atoms with Crippen LogP contribution in [0.25, 0.3) is 11.8 Å². The van der Waals surface area contributed by atoms with Gasteiger partial charge in [0.2, 0.25) is 0 Å². The maximum atomic E-state index is 12.3. The summed E-state index contributed by atoms with van der Waals surface area (Å²) in [4.78, 5) is 20.6. The van der Waals surface area contributed by atoms with Gasteiger partial charge in [-0.15, -0.1) is 24.3 Å². The number of esters is 1. The Balaban J connectivity index is 0.000000643. The zero-order chi connectivity index (χ0) is 28.1. The van der Waals surface area contributed by atoms with Gasteiger partial charge in [-0.1, -0.05) is 70.5 Å². The molecule has 0 spiro atoms. The summed E-state index contributed by atoms with van der Waals surface area (Å²) in [6, 6.07) is 11.9. The third-order valence-corrected chi connectivity index (χ3v) is 7.20. The molecule has 0 unspecified atom stereocenters. The number of ether oxygens (including phenoxy) is 1. The minimum absolute atomic E-state index is 0. The average molecular weight is 553 g/mol. The Morgan fingerprint density at radius 2 is 1.92 bits per heavy atom. The minimum atomic E-state index is -0.381. The number of carbonyl (C=O) groups excluding carboxylic acids is 1. The van der Waals surface area contributed by atoms with Crippen LogP contribution in [0.1, 0.15) is 87.4 Å². The summed E-state index contributed by atoms with van der Waals surface area (Å²) in [6.07, 6.45) is 13.4. The zero-order valence-electron chi connectivity index (χ0n) is 24.7. The molecule has 0 aliphatic heterocycles. The van der Waals surface area contributed by atoms with Gasteiger partial charge in [-0.2, -0.15) is 18.0 Å². The first-order chi connectivity index (χ1) is 18.2. The van der Waals surface area contributed by atoms with Crippen molar-refractivity contribution < 1.29 is 60.9 Å². The molecule has 0 bridgehead atoms. The summed E-state index contributed by atoms with van der Waals surface area (Å²) in [6.45, 7) is 20.2. The van der Waals surface area contributed by atoms with Gasteiger partial charge in [0.25, 0.3) is 0 Å². The number of rotatable bonds is 11. The molecule has 1 aliphatic carbocycles. The largest absolute Gasteiger partial charge is 1.00 e. The Bertz CT molecular complexity index is 1160. The van der Waals surface area contributed by atoms with Gasteiger partial charge in [-0.25, -0.2) is 10.9 Å². The maximum absolute atomic E-state index is 12.3. The normalized spacial score (nSPS) is 14.7. The molecular formula is C33H43KN3O2-. The second kappa shape index (κ2) is 17.9. The van der Waals surface area contributed by atoms with Gasteiger partial charge in [0.15, 0.2) is 0 Å². The van der Waals surface area contributed by atoms with Crippen molar-refractivity contribution in [3.8, 4) is 0 Å². The second-order valence-electron chi connectivity index (χ2n) is 10.0. The quantitative estimate of drug-likeness (QED) is 0.0858. The number of nitrogens with two attached hydrogens (primary N) is 1. The van der Waals surface area contributed by atoms with E-state index < -0.39 is 0 Å². The van der Waals surface area contributed by atoms with E-state index in [1.54, 1.807) is 6.08 Å². The smallest absolute Gasteiger partial charge is 0.485 e. The van der Waals surface area contributed by atoms with E-state index in [2.05, 4.69) is 36.5 Å². The van der Waals surface area contributed by atoms with Crippen LogP contribution in [-0.4, -0.2) is 30.3 Å². The number of hydrogen-bond acceptors (Lipinski definition) is 5. The van der Waals surface area contributed by atoms with Crippen molar-refractivity contribution in [3.63, 3.8) is 0 Å². The van der Waals surface area contributed by atoms with E-state index >= 15 is 0 Å². The molecular weight excluding hydrogens is 509 g/mol. The van der Waals surface area contributed by atoms with Crippen LogP contribution in [0.3, 0.4) is 0 Å². The molecule has 39 heavy (non-hydrogen) atoms. The summed E-state index contributed by atoms with van der Waals surface area (Å²) in [5.41, 5.74) is 11.4. The van der Waals surface area contributed by atoms with Crippen LogP contribution < -0.4 is 57.1 Å². The first kappa shape index (κ1) is 35.4. The third-order valence-electron chi connectivity index (χ3n) is 7.20. The van der Waals surface area contributed by atoms with Crippen molar-refractivity contribution in [1.29, 1.82) is 0 Å². The van der Waals surface area contributed by atoms with Crippen molar-refractivity contribution in [3.05, 3.63) is 88.8 Å². The molecule has 2 N–H and O–H groups in total. The number of pyridine rings is 1. The molecule has 1 saturated carbocycles. The topological polar surface area (TPSA) is 77.6 Å². The molecule has 1 aromatic carbocycles. The molecule has 0 saturated heterocycles. The van der Waals surface area contributed by atoms with Crippen molar-refractivity contribution in [2.75, 3.05) is 6.61 Å². The Labute approximate surface area is 278 Å². The first-order valence-electron chi connectivity index (χ1n) is 13.6. The fraction of sp³-hybridized carbons (Fsp3) is 0.424. The number of hydrogen-bond donors (Lipinski definition) is 1. The van der Waals surface area contributed by atoms with Crippen LogP contribution in [0.5, 0.6) is 0 Å². The molecule has 204 valence electrons. The summed E-state index contributed by atoms with van der Waals surface area (Å²) in [5, 5.41) is 0. The molecule has 6 heteroatoms. The predicted molar refractivity (Wildman–Crippen MR) is 159 cm³/mol. The Morgan fingerprint density at radius 3 is 2.44 bits per heavy atom. The van der Waals surface area contributed by atoms with E-state index in [1.165, 1.54) is 31.8 Å². The van der Waals surface area contributed by atoms with Gasteiger partial charge in [0, 0.05) is 11.7 Å². The molecule has 0 radical (unpaired) electrons. The van der Waals surface area contributed by atoms with Crippen LogP contribution in [0.4, 0.5) is 0 Å². The zero-order valence-corrected chi connectivity index (χ0v) is 27.8. The maximum Gasteiger partial charge on any atom is 1.00 e. The standard InChI is InChI=1S/C25H26N2O2.C8H17N.K/c1-6-8-14-29-25(28)20(7-2)15-22-16-21(13-12-18(22)3)24(26-5)17-23-11-9-10-19(4)27-23;1-3-8(4-2)5-7(9)6-8;/h5,7,9-13,15-16H,2,6,8,14H2,1,3-4H3;7H,3-6,9H2,1-2H3;/q-2;;+1/b20-15+;;. The monoisotopic (exact) mass is 552 g/mol. The van der Waals surface area contributed by atoms with Crippen molar-refractivity contribution in [2.24, 2.45) is 16.1 Å². The van der Waals surface area contributed by atoms with Gasteiger partial charge >= 0.3 is 57.4 Å². The number of nitrogens with zero attached hydrogens (tertiary/aromatic N) is 2. The van der Waals surface area contributed by atoms with Crippen molar-refractivity contribution >= 4 is 24.5 Å². The molecule has 1 aliphatic rings. The molecule has 1 aromatic heterocycles. The van der Waals surface area contributed by atoms with E-state index in [-0.39, 0.29) is 57.4 Å². The fourth-order valence-electron chi connectivity index (χ4n) is 4.50. The third kappa shape index (κ3) is 11.0. The fourth-order valence-corrected chi connectivity index (χ4v) is 4.50. The van der Waals surface area contributed by atoms with Crippen LogP contribution in [-0.2, 0) is 9.53 Å². The minimum Gasteiger partial charge on any atom is -0.485 e. The van der Waals surface area contributed by atoms with E-state index in [4.69, 9.17) is 17.2 Å². The van der Waals surface area contributed by atoms with Gasteiger partial charge in [0.1, 0.15) is 0 Å². The van der Waals surface area contributed by atoms with Crippen LogP contribution in [0.2, 0.25) is 0 Å². The molecule has 5 nitrogen and oxygen atoms in total. The van der Waals surface area contributed by atoms with Crippen molar-refractivity contribution in [2.45, 2.75) is 79.2 Å². The predicted octanol–water partition coefficient (Wildman–Crippen LogP) is 4.30. The molecule has 2 aromatic rings. The van der Waals surface area contributed by atoms with Crippen LogP contribution in [0.15, 0.2) is 59.6 Å². The Hall–Kier alpha value is -1.67. The van der Waals surface area contributed by atoms with E-state index in [1.807, 2.05) is 57.2 Å². The summed E-state index contributed by atoms with van der Waals surface area (Å²) < 4.78 is 5.29. The summed E-state index contributed by atoms with van der Waals surface area (Å²) in [5.74, 6) is -0.381. The Morgan fingerprint density at radius 1 is 1.23 bits per heavy atom. The molecule has 0 amide bonds. The van der Waals surface area contributed by atoms with Crippen molar-refractivity contribution in [1.82, 2.24) is 4.98 Å². The molecule has 1 heterocycles. The Kier molecular flexibility index (Phi) is 16.2. The SMILES string of the molecule is CCC1(CC)CC(N)C1.[CH-]=NC(=[C-]c1cccc(C)n1)c1ccc(C)c(/C=C(\C=C)C(=O)OCCCC)c1.[K+]. The number of benzene rings is 1. The molecule has 3 rings (SSSR count). The van der Waals surface area contributed by atoms with Gasteiger partial charge in [0.05, 0.1) is 12.2 Å². The average Bonchev–Trinajstić information content (AvgIpc) is 2.90. The first-order valence-corrected chi connectivity index (χ1v) is 13.6. The van der Waals surface area contributed by atoms with E-state index in [0.717, 1.165) is 35.2 Å². The number of aryl methyl sites for hydroxylation is 2. The van der Waals surface area contributed by atoms with E-state index in [0.29, 0.717) is 35.0 Å². The molecule has 1 fully saturated rings. The summed E-state index contributed by atoms with van der Waals surface area (Å²) in [7, 11) is 0. The van der Waals surface area contributed by atoms with E-state index in [9.17, 15) is 4.79 Å². The summed E-state index contributed by atoms with van der Waals surface area (Å²) >= 11 is 0. The van der Waals surface area contributed by atoms with Gasteiger partial charge in [-0.3, -0.25) is 4.98 Å². The van der Waals surface area contributed by atoms with Gasteiger partial charge < -0.3 is 15.5 Å². The number of carbonyl (C=O) groups is 1. The van der Waals surface area contributed by atoms with Crippen LogP contribution >= 0.6 is 0 Å². The number of unbranched alkanes of at least 4 members (excludes halogenated alkanes) is 1. The molecule has 0 atom stereocenters.